The average Bonchev–Trinajstić information content (AvgIpc) is 1.72. The van der Waals surface area contributed by atoms with Crippen LogP contribution in [0, 0.1) is 0 Å². The summed E-state index contributed by atoms with van der Waals surface area (Å²) in [6, 6.07) is 0. The molecule has 0 aromatic heterocycles. The molecule has 0 aromatic carbocycles. The fraction of sp³-hybridized carbons (Fsp3) is 0.333. The van der Waals surface area contributed by atoms with E-state index in [1.807, 2.05) is 0 Å². The van der Waals surface area contributed by atoms with Gasteiger partial charge in [0.15, 0.2) is 0 Å². The van der Waals surface area contributed by atoms with E-state index in [0.717, 1.165) is 6.54 Å². The van der Waals surface area contributed by atoms with Gasteiger partial charge in [-0.15, -0.1) is 0 Å². The summed E-state index contributed by atoms with van der Waals surface area (Å²) in [7, 11) is 0. The van der Waals surface area contributed by atoms with Crippen molar-refractivity contribution in [2.24, 2.45) is 10.1 Å². The first-order valence-corrected chi connectivity index (χ1v) is 1.76. The van der Waals surface area contributed by atoms with Gasteiger partial charge in [-0.05, 0) is 0 Å². The van der Waals surface area contributed by atoms with Crippen molar-refractivity contribution in [1.29, 1.82) is 0 Å². The first-order chi connectivity index (χ1) is 3.00. The highest BCUT2D eigenvalue weighted by Gasteiger charge is 1.75. The fourth-order valence-corrected chi connectivity index (χ4v) is 0.268. The molecule has 0 saturated carbocycles. The van der Waals surface area contributed by atoms with Crippen molar-refractivity contribution in [3.63, 3.8) is 0 Å². The first-order valence-electron chi connectivity index (χ1n) is 1.76. The molecule has 0 amide bonds. The number of nitrogens with one attached hydrogen (secondary N) is 1. The summed E-state index contributed by atoms with van der Waals surface area (Å²) in [5.74, 6) is 0. The summed E-state index contributed by atoms with van der Waals surface area (Å²) in [5, 5.41) is 3.60. The molecule has 0 fully saturated rings. The lowest BCUT2D eigenvalue weighted by atomic mass is 10.7. The third-order valence-corrected chi connectivity index (χ3v) is 0.504. The lowest BCUT2D eigenvalue weighted by molar-refractivity contribution is 0.848. The Labute approximate surface area is 35.8 Å². The Bertz CT molecular complexity index is 72.0. The molecule has 3 heteroatoms. The van der Waals surface area contributed by atoms with E-state index in [1.165, 1.54) is 6.34 Å². The molecule has 6 heavy (non-hydrogen) atoms. The molecule has 0 radical (unpaired) electrons. The Morgan fingerprint density at radius 3 is 2.83 bits per heavy atom. The summed E-state index contributed by atoms with van der Waals surface area (Å²) < 4.78 is 0. The molecule has 0 atom stereocenters. The van der Waals surface area contributed by atoms with Crippen LogP contribution in [0.15, 0.2) is 10.1 Å². The highest BCUT2D eigenvalue weighted by molar-refractivity contribution is 5.74. The number of hydrazone groups is 1. The van der Waals surface area contributed by atoms with Gasteiger partial charge in [0.25, 0.3) is 0 Å². The standard InChI is InChI=1S/C3H5N3/c1-2-5-6-3-4-1/h1,3,5H,2H2. The topological polar surface area (TPSA) is 36.8 Å². The molecule has 0 spiro atoms. The summed E-state index contributed by atoms with van der Waals surface area (Å²) in [6.07, 6.45) is 3.23. The zero-order valence-corrected chi connectivity index (χ0v) is 3.26. The normalized spacial score (nSPS) is 17.3. The Balaban J connectivity index is 2.46. The third-order valence-electron chi connectivity index (χ3n) is 0.504. The number of rotatable bonds is 0. The maximum atomic E-state index is 3.70. The molecule has 1 aliphatic rings. The van der Waals surface area contributed by atoms with E-state index in [2.05, 4.69) is 15.5 Å². The summed E-state index contributed by atoms with van der Waals surface area (Å²) >= 11 is 0. The van der Waals surface area contributed by atoms with E-state index in [4.69, 9.17) is 0 Å². The van der Waals surface area contributed by atoms with Gasteiger partial charge in [0.05, 0.1) is 6.54 Å². The highest BCUT2D eigenvalue weighted by Crippen LogP contribution is 1.64. The minimum absolute atomic E-state index is 0.760. The maximum absolute atomic E-state index is 3.70. The van der Waals surface area contributed by atoms with Crippen LogP contribution >= 0.6 is 0 Å². The summed E-state index contributed by atoms with van der Waals surface area (Å²) in [5.41, 5.74) is 2.70. The van der Waals surface area contributed by atoms with E-state index in [0.29, 0.717) is 0 Å². The van der Waals surface area contributed by atoms with Crippen LogP contribution in [0.1, 0.15) is 0 Å². The molecule has 3 nitrogen and oxygen atoms in total. The summed E-state index contributed by atoms with van der Waals surface area (Å²) in [4.78, 5) is 3.70. The van der Waals surface area contributed by atoms with Crippen LogP contribution in [0.3, 0.4) is 0 Å². The van der Waals surface area contributed by atoms with Crippen molar-refractivity contribution >= 4 is 12.6 Å². The molecule has 0 aromatic rings. The molecular weight excluding hydrogens is 78.1 g/mol. The van der Waals surface area contributed by atoms with E-state index in [9.17, 15) is 0 Å². The Hall–Kier alpha value is -0.860. The number of aliphatic imine (C=N–C) groups is 1. The lowest BCUT2D eigenvalue weighted by Gasteiger charge is -1.92. The van der Waals surface area contributed by atoms with Gasteiger partial charge in [-0.1, -0.05) is 0 Å². The molecule has 1 N–H and O–H groups in total. The van der Waals surface area contributed by atoms with Crippen LogP contribution in [-0.4, -0.2) is 19.1 Å². The minimum Gasteiger partial charge on any atom is -0.303 e. The van der Waals surface area contributed by atoms with Gasteiger partial charge in [0.1, 0.15) is 6.34 Å². The Morgan fingerprint density at radius 1 is 1.67 bits per heavy atom. The number of hydrogen-bond acceptors (Lipinski definition) is 3. The van der Waals surface area contributed by atoms with Crippen molar-refractivity contribution in [3.05, 3.63) is 0 Å². The fourth-order valence-electron chi connectivity index (χ4n) is 0.268. The van der Waals surface area contributed by atoms with Gasteiger partial charge in [-0.3, -0.25) is 0 Å². The van der Waals surface area contributed by atoms with Crippen LogP contribution in [-0.2, 0) is 0 Å². The Morgan fingerprint density at radius 2 is 2.67 bits per heavy atom. The number of hydrogen-bond donors (Lipinski definition) is 1. The van der Waals surface area contributed by atoms with Crippen LogP contribution in [0.5, 0.6) is 0 Å². The van der Waals surface area contributed by atoms with Gasteiger partial charge >= 0.3 is 0 Å². The van der Waals surface area contributed by atoms with Crippen molar-refractivity contribution in [3.8, 4) is 0 Å². The van der Waals surface area contributed by atoms with Gasteiger partial charge in [-0.25, -0.2) is 4.99 Å². The molecule has 0 unspecified atom stereocenters. The monoisotopic (exact) mass is 83.0 g/mol. The smallest absolute Gasteiger partial charge is 0.134 e. The van der Waals surface area contributed by atoms with Crippen LogP contribution in [0.25, 0.3) is 0 Å². The maximum Gasteiger partial charge on any atom is 0.134 e. The number of nitrogens with zero attached hydrogens (tertiary/aromatic N) is 2. The summed E-state index contributed by atoms with van der Waals surface area (Å²) in [6.45, 7) is 0.760. The molecule has 0 aliphatic carbocycles. The average molecular weight is 83.1 g/mol. The molecular formula is C3H5N3. The molecule has 0 bridgehead atoms. The second-order valence-electron chi connectivity index (χ2n) is 0.938. The molecule has 1 rings (SSSR count). The van der Waals surface area contributed by atoms with Crippen molar-refractivity contribution in [2.45, 2.75) is 0 Å². The van der Waals surface area contributed by atoms with Gasteiger partial charge < -0.3 is 5.43 Å². The molecule has 0 saturated heterocycles. The van der Waals surface area contributed by atoms with Gasteiger partial charge in [-0.2, -0.15) is 5.10 Å². The predicted octanol–water partition coefficient (Wildman–Crippen LogP) is -0.396. The molecule has 1 aliphatic heterocycles. The zero-order valence-electron chi connectivity index (χ0n) is 3.26. The van der Waals surface area contributed by atoms with Crippen molar-refractivity contribution < 1.29 is 0 Å². The zero-order chi connectivity index (χ0) is 4.24. The molecule has 32 valence electrons. The third kappa shape index (κ3) is 0.544. The van der Waals surface area contributed by atoms with E-state index in [1.54, 1.807) is 6.21 Å². The van der Waals surface area contributed by atoms with Crippen molar-refractivity contribution in [1.82, 2.24) is 5.43 Å². The lowest BCUT2D eigenvalue weighted by Crippen LogP contribution is -2.11. The SMILES string of the molecule is C1=NC=NNC1. The van der Waals surface area contributed by atoms with Crippen LogP contribution < -0.4 is 5.43 Å². The van der Waals surface area contributed by atoms with Crippen LogP contribution in [0.2, 0.25) is 0 Å². The largest absolute Gasteiger partial charge is 0.303 e. The van der Waals surface area contributed by atoms with E-state index >= 15 is 0 Å². The van der Waals surface area contributed by atoms with Gasteiger partial charge in [0.2, 0.25) is 0 Å². The van der Waals surface area contributed by atoms with E-state index in [-0.39, 0.29) is 0 Å². The van der Waals surface area contributed by atoms with E-state index < -0.39 is 0 Å². The highest BCUT2D eigenvalue weighted by atomic mass is 15.3. The molecule has 1 heterocycles. The quantitative estimate of drug-likeness (QED) is 0.425. The Kier molecular flexibility index (Phi) is 0.859. The van der Waals surface area contributed by atoms with Gasteiger partial charge in [0, 0.05) is 6.21 Å². The predicted molar refractivity (Wildman–Crippen MR) is 25.0 cm³/mol. The van der Waals surface area contributed by atoms with Crippen molar-refractivity contribution in [2.75, 3.05) is 6.54 Å². The first kappa shape index (κ1) is 3.33. The second kappa shape index (κ2) is 1.55. The second-order valence-corrected chi connectivity index (χ2v) is 0.938. The van der Waals surface area contributed by atoms with Crippen LogP contribution in [0.4, 0.5) is 0 Å². The minimum atomic E-state index is 0.760.